The van der Waals surface area contributed by atoms with Crippen LogP contribution in [0.2, 0.25) is 0 Å². The molecule has 1 heterocycles. The molecule has 31 heavy (non-hydrogen) atoms. The first-order valence-electron chi connectivity index (χ1n) is 9.43. The van der Waals surface area contributed by atoms with E-state index in [4.69, 9.17) is 24.5 Å². The topological polar surface area (TPSA) is 155 Å². The summed E-state index contributed by atoms with van der Waals surface area (Å²) >= 11 is 0. The van der Waals surface area contributed by atoms with Crippen LogP contribution in [0.25, 0.3) is 17.0 Å². The second-order valence-electron chi connectivity index (χ2n) is 6.77. The van der Waals surface area contributed by atoms with E-state index in [-0.39, 0.29) is 0 Å². The first-order valence-corrected chi connectivity index (χ1v) is 11.0. The molecule has 1 amide bonds. The number of aromatic amines is 1. The van der Waals surface area contributed by atoms with Crippen molar-refractivity contribution in [1.29, 1.82) is 0 Å². The molecule has 3 rings (SSSR count). The number of hydroxylamine groups is 1. The Hall–Kier alpha value is -2.78. The molecule has 9 nitrogen and oxygen atoms in total. The second kappa shape index (κ2) is 11.6. The number of nitrogens with one attached hydrogen (secondary N) is 3. The number of rotatable bonds is 7. The fourth-order valence-electron chi connectivity index (χ4n) is 3.06. The van der Waals surface area contributed by atoms with Gasteiger partial charge in [-0.25, -0.2) is 10.0 Å². The van der Waals surface area contributed by atoms with E-state index in [0.717, 1.165) is 25.1 Å². The molecule has 0 aliphatic rings. The fourth-order valence-corrected chi connectivity index (χ4v) is 3.06. The molecule has 0 bridgehead atoms. The number of aromatic nitrogens is 1. The van der Waals surface area contributed by atoms with Crippen LogP contribution in [0.1, 0.15) is 22.4 Å². The Balaban J connectivity index is 0.000000614. The molecule has 0 spiro atoms. The van der Waals surface area contributed by atoms with Gasteiger partial charge in [0.2, 0.25) is 0 Å². The Morgan fingerprint density at radius 1 is 1.10 bits per heavy atom. The van der Waals surface area contributed by atoms with Crippen molar-refractivity contribution in [2.75, 3.05) is 6.54 Å². The van der Waals surface area contributed by atoms with Crippen LogP contribution >= 0.6 is 7.82 Å². The standard InChI is InChI=1S/C21H23N3O2.H3O4P/c1-15-18(19-4-2-3-5-20(19)23-15)12-13-22-14-17-8-6-16(7-9-17)10-11-21(25)24-26;1-5(2,3)4/h2-11,22-23,26H,12-14H2,1H3,(H,24,25);(H3,1,2,3,4)/b11-10+;. The van der Waals surface area contributed by atoms with E-state index in [2.05, 4.69) is 41.5 Å². The molecule has 2 aromatic carbocycles. The van der Waals surface area contributed by atoms with Gasteiger partial charge < -0.3 is 25.0 Å². The van der Waals surface area contributed by atoms with Gasteiger partial charge in [-0.3, -0.25) is 10.0 Å². The van der Waals surface area contributed by atoms with Gasteiger partial charge in [0.05, 0.1) is 0 Å². The van der Waals surface area contributed by atoms with Gasteiger partial charge in [-0.2, -0.15) is 0 Å². The monoisotopic (exact) mass is 447 g/mol. The van der Waals surface area contributed by atoms with Gasteiger partial charge in [-0.15, -0.1) is 0 Å². The van der Waals surface area contributed by atoms with Crippen LogP contribution < -0.4 is 10.8 Å². The quantitative estimate of drug-likeness (QED) is 0.0964. The Bertz CT molecular complexity index is 1060. The molecule has 0 aliphatic heterocycles. The van der Waals surface area contributed by atoms with Crippen LogP contribution in [0.3, 0.4) is 0 Å². The molecule has 1 aromatic heterocycles. The third-order valence-corrected chi connectivity index (χ3v) is 4.42. The number of H-pyrrole nitrogens is 1. The van der Waals surface area contributed by atoms with Gasteiger partial charge in [0.1, 0.15) is 0 Å². The molecule has 0 unspecified atom stereocenters. The summed E-state index contributed by atoms with van der Waals surface area (Å²) in [5.41, 5.74) is 7.46. The summed E-state index contributed by atoms with van der Waals surface area (Å²) in [6.45, 7) is 3.82. The maximum Gasteiger partial charge on any atom is 0.466 e. The Morgan fingerprint density at radius 2 is 1.74 bits per heavy atom. The average Bonchev–Trinajstić information content (AvgIpc) is 3.04. The molecule has 10 heteroatoms. The first kappa shape index (κ1) is 24.5. The van der Waals surface area contributed by atoms with Gasteiger partial charge in [0.25, 0.3) is 5.91 Å². The summed E-state index contributed by atoms with van der Waals surface area (Å²) in [5, 5.41) is 13.2. The zero-order valence-corrected chi connectivity index (χ0v) is 17.8. The normalized spacial score (nSPS) is 11.4. The molecule has 0 radical (unpaired) electrons. The highest BCUT2D eigenvalue weighted by Gasteiger charge is 2.07. The number of hydrogen-bond acceptors (Lipinski definition) is 4. The van der Waals surface area contributed by atoms with Gasteiger partial charge in [0.15, 0.2) is 0 Å². The largest absolute Gasteiger partial charge is 0.466 e. The van der Waals surface area contributed by atoms with Crippen LogP contribution in [-0.2, 0) is 22.3 Å². The Labute approximate surface area is 179 Å². The maximum atomic E-state index is 11.0. The van der Waals surface area contributed by atoms with Crippen molar-refractivity contribution >= 4 is 30.7 Å². The molecule has 0 saturated carbocycles. The van der Waals surface area contributed by atoms with Gasteiger partial charge in [-0.1, -0.05) is 42.5 Å². The molecular weight excluding hydrogens is 421 g/mol. The van der Waals surface area contributed by atoms with Crippen molar-refractivity contribution in [1.82, 2.24) is 15.8 Å². The van der Waals surface area contributed by atoms with Crippen LogP contribution in [0.4, 0.5) is 0 Å². The number of hydrogen-bond donors (Lipinski definition) is 7. The van der Waals surface area contributed by atoms with E-state index in [9.17, 15) is 4.79 Å². The van der Waals surface area contributed by atoms with Gasteiger partial charge in [0, 0.05) is 29.2 Å². The van der Waals surface area contributed by atoms with Crippen LogP contribution in [0.5, 0.6) is 0 Å². The van der Waals surface area contributed by atoms with E-state index < -0.39 is 13.7 Å². The minimum absolute atomic E-state index is 0.539. The molecule has 0 atom stereocenters. The van der Waals surface area contributed by atoms with Gasteiger partial charge >= 0.3 is 7.82 Å². The van der Waals surface area contributed by atoms with E-state index in [1.54, 1.807) is 11.6 Å². The van der Waals surface area contributed by atoms with Crippen molar-refractivity contribution in [3.63, 3.8) is 0 Å². The zero-order chi connectivity index (χ0) is 22.9. The van der Waals surface area contributed by atoms with Crippen LogP contribution in [-0.4, -0.2) is 37.3 Å². The highest BCUT2D eigenvalue weighted by molar-refractivity contribution is 7.45. The first-order chi connectivity index (χ1) is 14.7. The van der Waals surface area contributed by atoms with Crippen molar-refractivity contribution in [2.24, 2.45) is 0 Å². The molecule has 0 saturated heterocycles. The van der Waals surface area contributed by atoms with E-state index in [0.29, 0.717) is 0 Å². The summed E-state index contributed by atoms with van der Waals surface area (Å²) in [7, 11) is -4.64. The number of fused-ring (bicyclic) bond motifs is 1. The van der Waals surface area contributed by atoms with Crippen molar-refractivity contribution in [3.8, 4) is 0 Å². The van der Waals surface area contributed by atoms with Crippen molar-refractivity contribution in [2.45, 2.75) is 19.9 Å². The molecule has 7 N–H and O–H groups in total. The van der Waals surface area contributed by atoms with Crippen LogP contribution in [0, 0.1) is 6.92 Å². The highest BCUT2D eigenvalue weighted by atomic mass is 31.2. The summed E-state index contributed by atoms with van der Waals surface area (Å²) < 4.78 is 8.88. The molecule has 0 aliphatic carbocycles. The summed E-state index contributed by atoms with van der Waals surface area (Å²) in [6, 6.07) is 16.4. The lowest BCUT2D eigenvalue weighted by molar-refractivity contribution is -0.124. The lowest BCUT2D eigenvalue weighted by atomic mass is 10.1. The predicted octanol–water partition coefficient (Wildman–Crippen LogP) is 2.40. The minimum atomic E-state index is -4.64. The van der Waals surface area contributed by atoms with E-state index in [1.165, 1.54) is 33.8 Å². The molecule has 3 aromatic rings. The fraction of sp³-hybridized carbons (Fsp3) is 0.190. The van der Waals surface area contributed by atoms with E-state index in [1.807, 2.05) is 24.3 Å². The number of amides is 1. The molecular formula is C21H26N3O6P. The summed E-state index contributed by atoms with van der Waals surface area (Å²) in [5.74, 6) is -0.539. The van der Waals surface area contributed by atoms with Crippen molar-refractivity contribution in [3.05, 3.63) is 77.0 Å². The Morgan fingerprint density at radius 3 is 2.39 bits per heavy atom. The maximum absolute atomic E-state index is 11.0. The predicted molar refractivity (Wildman–Crippen MR) is 118 cm³/mol. The number of aryl methyl sites for hydroxylation is 1. The number of carbonyl (C=O) groups is 1. The second-order valence-corrected chi connectivity index (χ2v) is 7.79. The van der Waals surface area contributed by atoms with Crippen molar-refractivity contribution < 1.29 is 29.2 Å². The van der Waals surface area contributed by atoms with E-state index >= 15 is 0 Å². The minimum Gasteiger partial charge on any atom is -0.358 e. The number of carbonyl (C=O) groups excluding carboxylic acids is 1. The van der Waals surface area contributed by atoms with Crippen LogP contribution in [0.15, 0.2) is 54.6 Å². The molecule has 0 fully saturated rings. The Kier molecular flexibility index (Phi) is 9.14. The third kappa shape index (κ3) is 8.85. The highest BCUT2D eigenvalue weighted by Crippen LogP contribution is 2.25. The summed E-state index contributed by atoms with van der Waals surface area (Å²) in [4.78, 5) is 36.0. The number of benzene rings is 2. The SMILES string of the molecule is Cc1[nH]c2ccccc2c1CCNCc1ccc(/C=C/C(=O)NO)cc1.O=P(O)(O)O. The molecule has 166 valence electrons. The number of para-hydroxylation sites is 1. The third-order valence-electron chi connectivity index (χ3n) is 4.42. The lowest BCUT2D eigenvalue weighted by Gasteiger charge is -2.06. The average molecular weight is 447 g/mol. The van der Waals surface area contributed by atoms with Gasteiger partial charge in [-0.05, 0) is 48.7 Å². The number of phosphoric acid groups is 1. The zero-order valence-electron chi connectivity index (χ0n) is 16.9. The summed E-state index contributed by atoms with van der Waals surface area (Å²) in [6.07, 6.45) is 3.92. The lowest BCUT2D eigenvalue weighted by Crippen LogP contribution is -2.16. The smallest absolute Gasteiger partial charge is 0.358 e.